The Labute approximate surface area is 131 Å². The fourth-order valence-corrected chi connectivity index (χ4v) is 3.47. The average molecular weight is 344 g/mol. The van der Waals surface area contributed by atoms with E-state index in [1.165, 1.54) is 31.3 Å². The van der Waals surface area contributed by atoms with Gasteiger partial charge in [0, 0.05) is 7.05 Å². The molecule has 0 saturated heterocycles. The summed E-state index contributed by atoms with van der Waals surface area (Å²) in [4.78, 5) is 10.6. The van der Waals surface area contributed by atoms with Crippen molar-refractivity contribution in [1.82, 2.24) is 0 Å². The summed E-state index contributed by atoms with van der Waals surface area (Å²) in [6.45, 7) is 0. The lowest BCUT2D eigenvalue weighted by atomic mass is 10.2. The minimum absolute atomic E-state index is 0.0982. The van der Waals surface area contributed by atoms with Crippen molar-refractivity contribution in [2.24, 2.45) is 0 Å². The van der Waals surface area contributed by atoms with E-state index in [0.717, 1.165) is 22.5 Å². The zero-order valence-corrected chi connectivity index (χ0v) is 12.9. The highest BCUT2D eigenvalue weighted by Crippen LogP contribution is 2.28. The van der Waals surface area contributed by atoms with E-state index in [4.69, 9.17) is 16.7 Å². The molecule has 8 heteroatoms. The number of carboxylic acid groups (broad SMARTS) is 1. The molecule has 0 aromatic heterocycles. The van der Waals surface area contributed by atoms with E-state index >= 15 is 0 Å². The predicted octanol–water partition coefficient (Wildman–Crippen LogP) is 3.00. The van der Waals surface area contributed by atoms with Gasteiger partial charge in [-0.3, -0.25) is 4.31 Å². The SMILES string of the molecule is CN(c1ccc(F)cc1)S(=O)(=O)c1cc(C(=O)O)ccc1Cl. The molecule has 0 aliphatic rings. The Morgan fingerprint density at radius 2 is 1.77 bits per heavy atom. The van der Waals surface area contributed by atoms with Gasteiger partial charge in [-0.2, -0.15) is 0 Å². The highest BCUT2D eigenvalue weighted by Gasteiger charge is 2.25. The van der Waals surface area contributed by atoms with Gasteiger partial charge >= 0.3 is 5.97 Å². The molecule has 0 aliphatic carbocycles. The number of hydrogen-bond acceptors (Lipinski definition) is 3. The molecule has 0 amide bonds. The van der Waals surface area contributed by atoms with Crippen LogP contribution in [0.5, 0.6) is 0 Å². The fourth-order valence-electron chi connectivity index (χ4n) is 1.77. The Bertz CT molecular complexity index is 821. The van der Waals surface area contributed by atoms with Crippen LogP contribution in [0, 0.1) is 5.82 Å². The Balaban J connectivity index is 2.52. The van der Waals surface area contributed by atoms with Crippen LogP contribution in [0.4, 0.5) is 10.1 Å². The normalized spacial score (nSPS) is 11.2. The summed E-state index contributed by atoms with van der Waals surface area (Å²) in [5.41, 5.74) is 0.0219. The number of aromatic carboxylic acids is 1. The van der Waals surface area contributed by atoms with E-state index in [-0.39, 0.29) is 21.2 Å². The molecule has 116 valence electrons. The molecule has 5 nitrogen and oxygen atoms in total. The summed E-state index contributed by atoms with van der Waals surface area (Å²) in [5, 5.41) is 8.86. The summed E-state index contributed by atoms with van der Waals surface area (Å²) < 4.78 is 39.0. The van der Waals surface area contributed by atoms with Crippen molar-refractivity contribution in [3.63, 3.8) is 0 Å². The van der Waals surface area contributed by atoms with Crippen LogP contribution < -0.4 is 4.31 Å². The van der Waals surface area contributed by atoms with Gasteiger partial charge in [0.05, 0.1) is 16.3 Å². The van der Waals surface area contributed by atoms with E-state index in [2.05, 4.69) is 0 Å². The van der Waals surface area contributed by atoms with Gasteiger partial charge in [0.15, 0.2) is 0 Å². The molecule has 0 atom stereocenters. The predicted molar refractivity (Wildman–Crippen MR) is 80.4 cm³/mol. The topological polar surface area (TPSA) is 74.7 Å². The standard InChI is InChI=1S/C14H11ClFNO4S/c1-17(11-5-3-10(16)4-6-11)22(20,21)13-8-9(14(18)19)2-7-12(13)15/h2-8H,1H3,(H,18,19). The summed E-state index contributed by atoms with van der Waals surface area (Å²) in [7, 11) is -2.81. The highest BCUT2D eigenvalue weighted by molar-refractivity contribution is 7.93. The molecule has 0 unspecified atom stereocenters. The maximum Gasteiger partial charge on any atom is 0.335 e. The minimum Gasteiger partial charge on any atom is -0.478 e. The third-order valence-corrected chi connectivity index (χ3v) is 5.27. The molecular formula is C14H11ClFNO4S. The lowest BCUT2D eigenvalue weighted by Crippen LogP contribution is -2.27. The summed E-state index contributed by atoms with van der Waals surface area (Å²) in [5.74, 6) is -1.77. The number of rotatable bonds is 4. The molecule has 0 bridgehead atoms. The minimum atomic E-state index is -4.08. The first-order chi connectivity index (χ1) is 10.2. The zero-order valence-electron chi connectivity index (χ0n) is 11.3. The monoisotopic (exact) mass is 343 g/mol. The first-order valence-corrected chi connectivity index (χ1v) is 7.82. The molecule has 1 N–H and O–H groups in total. The smallest absolute Gasteiger partial charge is 0.335 e. The molecular weight excluding hydrogens is 333 g/mol. The van der Waals surface area contributed by atoms with E-state index < -0.39 is 21.8 Å². The molecule has 0 aliphatic heterocycles. The Morgan fingerprint density at radius 1 is 1.18 bits per heavy atom. The number of hydrogen-bond donors (Lipinski definition) is 1. The second kappa shape index (κ2) is 5.94. The van der Waals surface area contributed by atoms with Crippen LogP contribution in [-0.2, 0) is 10.0 Å². The number of benzene rings is 2. The van der Waals surface area contributed by atoms with Crippen molar-refractivity contribution < 1.29 is 22.7 Å². The molecule has 2 aromatic carbocycles. The quantitative estimate of drug-likeness (QED) is 0.926. The van der Waals surface area contributed by atoms with E-state index in [1.807, 2.05) is 0 Å². The molecule has 0 radical (unpaired) electrons. The third kappa shape index (κ3) is 3.05. The summed E-state index contributed by atoms with van der Waals surface area (Å²) in [6.07, 6.45) is 0. The molecule has 22 heavy (non-hydrogen) atoms. The molecule has 0 spiro atoms. The second-order valence-electron chi connectivity index (χ2n) is 4.40. The number of anilines is 1. The first kappa shape index (κ1) is 16.3. The van der Waals surface area contributed by atoms with Crippen molar-refractivity contribution in [1.29, 1.82) is 0 Å². The lowest BCUT2D eigenvalue weighted by molar-refractivity contribution is 0.0696. The lowest BCUT2D eigenvalue weighted by Gasteiger charge is -2.20. The van der Waals surface area contributed by atoms with Crippen molar-refractivity contribution >= 4 is 33.3 Å². The van der Waals surface area contributed by atoms with Gasteiger partial charge in [0.2, 0.25) is 0 Å². The largest absolute Gasteiger partial charge is 0.478 e. The molecule has 0 fully saturated rings. The summed E-state index contributed by atoms with van der Waals surface area (Å²) >= 11 is 5.88. The highest BCUT2D eigenvalue weighted by atomic mass is 35.5. The van der Waals surface area contributed by atoms with Crippen LogP contribution in [0.15, 0.2) is 47.4 Å². The van der Waals surface area contributed by atoms with Gasteiger partial charge < -0.3 is 5.11 Å². The van der Waals surface area contributed by atoms with Crippen LogP contribution in [0.2, 0.25) is 5.02 Å². The maximum absolute atomic E-state index is 12.9. The molecule has 2 aromatic rings. The van der Waals surface area contributed by atoms with Gasteiger partial charge in [-0.25, -0.2) is 17.6 Å². The Hall–Kier alpha value is -2.12. The van der Waals surface area contributed by atoms with Crippen molar-refractivity contribution in [2.45, 2.75) is 4.90 Å². The Morgan fingerprint density at radius 3 is 2.32 bits per heavy atom. The van der Waals surface area contributed by atoms with Gasteiger partial charge in [0.1, 0.15) is 10.7 Å². The van der Waals surface area contributed by atoms with Gasteiger partial charge in [0.25, 0.3) is 10.0 Å². The third-order valence-electron chi connectivity index (χ3n) is 3.01. The summed E-state index contributed by atoms with van der Waals surface area (Å²) in [6, 6.07) is 8.23. The van der Waals surface area contributed by atoms with Crippen molar-refractivity contribution in [2.75, 3.05) is 11.4 Å². The Kier molecular flexibility index (Phi) is 4.39. The van der Waals surface area contributed by atoms with Crippen LogP contribution in [0.25, 0.3) is 0 Å². The number of sulfonamides is 1. The average Bonchev–Trinajstić information content (AvgIpc) is 2.47. The van der Waals surface area contributed by atoms with E-state index in [0.29, 0.717) is 0 Å². The van der Waals surface area contributed by atoms with E-state index in [1.54, 1.807) is 0 Å². The number of carbonyl (C=O) groups is 1. The van der Waals surface area contributed by atoms with Crippen LogP contribution in [0.1, 0.15) is 10.4 Å². The van der Waals surface area contributed by atoms with Crippen LogP contribution >= 0.6 is 11.6 Å². The molecule has 0 saturated carbocycles. The molecule has 2 rings (SSSR count). The van der Waals surface area contributed by atoms with Gasteiger partial charge in [-0.05, 0) is 42.5 Å². The maximum atomic E-state index is 12.9. The fraction of sp³-hybridized carbons (Fsp3) is 0.0714. The van der Waals surface area contributed by atoms with Crippen molar-refractivity contribution in [3.8, 4) is 0 Å². The van der Waals surface area contributed by atoms with E-state index in [9.17, 15) is 17.6 Å². The second-order valence-corrected chi connectivity index (χ2v) is 6.74. The number of nitrogens with zero attached hydrogens (tertiary/aromatic N) is 1. The van der Waals surface area contributed by atoms with Crippen molar-refractivity contribution in [3.05, 3.63) is 58.9 Å². The van der Waals surface area contributed by atoms with Crippen LogP contribution in [0.3, 0.4) is 0 Å². The van der Waals surface area contributed by atoms with Gasteiger partial charge in [-0.15, -0.1) is 0 Å². The van der Waals surface area contributed by atoms with Gasteiger partial charge in [-0.1, -0.05) is 11.6 Å². The van der Waals surface area contributed by atoms with Crippen LogP contribution in [-0.4, -0.2) is 26.5 Å². The first-order valence-electron chi connectivity index (χ1n) is 6.01. The zero-order chi connectivity index (χ0) is 16.5. The number of carboxylic acids is 1. The molecule has 0 heterocycles. The number of halogens is 2.